The molecule has 0 spiro atoms. The molecule has 1 amide bonds. The summed E-state index contributed by atoms with van der Waals surface area (Å²) in [7, 11) is 0. The molecule has 0 radical (unpaired) electrons. The standard InChI is InChI=1S/C19H17F5N2O/c20-15-5-6-16(17(21)11-15)18(27)26-9-7-25(8-10-26)12-13-1-3-14(4-2-13)19(22,23)24/h1-6,11H,7-10,12H2. The van der Waals surface area contributed by atoms with Crippen molar-refractivity contribution in [1.82, 2.24) is 9.80 Å². The first-order valence-electron chi connectivity index (χ1n) is 8.37. The third-order valence-corrected chi connectivity index (χ3v) is 4.51. The lowest BCUT2D eigenvalue weighted by Gasteiger charge is -2.34. The molecular weight excluding hydrogens is 367 g/mol. The van der Waals surface area contributed by atoms with Gasteiger partial charge in [0.1, 0.15) is 11.6 Å². The smallest absolute Gasteiger partial charge is 0.336 e. The van der Waals surface area contributed by atoms with Crippen molar-refractivity contribution in [3.8, 4) is 0 Å². The summed E-state index contributed by atoms with van der Waals surface area (Å²) in [4.78, 5) is 15.9. The van der Waals surface area contributed by atoms with Gasteiger partial charge in [0, 0.05) is 38.8 Å². The van der Waals surface area contributed by atoms with Crippen LogP contribution in [0.2, 0.25) is 0 Å². The average Bonchev–Trinajstić information content (AvgIpc) is 2.61. The molecule has 0 aromatic heterocycles. The topological polar surface area (TPSA) is 23.6 Å². The predicted octanol–water partition coefficient (Wildman–Crippen LogP) is 3.94. The zero-order valence-electron chi connectivity index (χ0n) is 14.3. The molecule has 1 aliphatic rings. The van der Waals surface area contributed by atoms with E-state index in [1.165, 1.54) is 17.0 Å². The van der Waals surface area contributed by atoms with Crippen LogP contribution in [0.3, 0.4) is 0 Å². The molecule has 1 aliphatic heterocycles. The molecule has 0 saturated carbocycles. The fraction of sp³-hybridized carbons (Fsp3) is 0.316. The van der Waals surface area contributed by atoms with E-state index in [4.69, 9.17) is 0 Å². The summed E-state index contributed by atoms with van der Waals surface area (Å²) in [6, 6.07) is 7.81. The first kappa shape index (κ1) is 19.3. The van der Waals surface area contributed by atoms with Crippen LogP contribution in [0.15, 0.2) is 42.5 Å². The van der Waals surface area contributed by atoms with Crippen molar-refractivity contribution in [1.29, 1.82) is 0 Å². The lowest BCUT2D eigenvalue weighted by molar-refractivity contribution is -0.137. The van der Waals surface area contributed by atoms with Crippen LogP contribution in [-0.2, 0) is 12.7 Å². The Balaban J connectivity index is 1.56. The van der Waals surface area contributed by atoms with Gasteiger partial charge in [-0.2, -0.15) is 13.2 Å². The zero-order chi connectivity index (χ0) is 19.6. The van der Waals surface area contributed by atoms with Gasteiger partial charge < -0.3 is 4.90 Å². The van der Waals surface area contributed by atoms with Crippen LogP contribution in [0.5, 0.6) is 0 Å². The number of nitrogens with zero attached hydrogens (tertiary/aromatic N) is 2. The van der Waals surface area contributed by atoms with E-state index in [0.717, 1.165) is 29.8 Å². The highest BCUT2D eigenvalue weighted by atomic mass is 19.4. The van der Waals surface area contributed by atoms with Gasteiger partial charge >= 0.3 is 6.18 Å². The minimum absolute atomic E-state index is 0.174. The van der Waals surface area contributed by atoms with Gasteiger partial charge in [0.05, 0.1) is 11.1 Å². The SMILES string of the molecule is O=C(c1ccc(F)cc1F)N1CCN(Cc2ccc(C(F)(F)F)cc2)CC1. The van der Waals surface area contributed by atoms with E-state index >= 15 is 0 Å². The number of amides is 1. The van der Waals surface area contributed by atoms with Crippen LogP contribution in [0, 0.1) is 11.6 Å². The molecule has 144 valence electrons. The Bertz CT molecular complexity index is 812. The van der Waals surface area contributed by atoms with E-state index in [2.05, 4.69) is 0 Å². The molecule has 0 atom stereocenters. The highest BCUT2D eigenvalue weighted by Gasteiger charge is 2.30. The van der Waals surface area contributed by atoms with E-state index in [1.54, 1.807) is 0 Å². The second-order valence-electron chi connectivity index (χ2n) is 6.39. The number of benzene rings is 2. The quantitative estimate of drug-likeness (QED) is 0.749. The molecule has 0 bridgehead atoms. The monoisotopic (exact) mass is 384 g/mol. The molecule has 1 saturated heterocycles. The summed E-state index contributed by atoms with van der Waals surface area (Å²) in [5.74, 6) is -2.14. The Morgan fingerprint density at radius 1 is 0.926 bits per heavy atom. The third-order valence-electron chi connectivity index (χ3n) is 4.51. The fourth-order valence-electron chi connectivity index (χ4n) is 3.00. The largest absolute Gasteiger partial charge is 0.416 e. The highest BCUT2D eigenvalue weighted by Crippen LogP contribution is 2.29. The molecule has 8 heteroatoms. The molecule has 0 N–H and O–H groups in total. The molecule has 2 aromatic carbocycles. The highest BCUT2D eigenvalue weighted by molar-refractivity contribution is 5.94. The number of hydrogen-bond acceptors (Lipinski definition) is 2. The van der Waals surface area contributed by atoms with Gasteiger partial charge in [-0.05, 0) is 29.8 Å². The van der Waals surface area contributed by atoms with Gasteiger partial charge in [0.15, 0.2) is 0 Å². The van der Waals surface area contributed by atoms with Gasteiger partial charge in [0.2, 0.25) is 0 Å². The van der Waals surface area contributed by atoms with E-state index < -0.39 is 29.3 Å². The van der Waals surface area contributed by atoms with Crippen molar-refractivity contribution in [2.24, 2.45) is 0 Å². The van der Waals surface area contributed by atoms with Crippen LogP contribution < -0.4 is 0 Å². The van der Waals surface area contributed by atoms with Crippen molar-refractivity contribution in [3.05, 3.63) is 70.8 Å². The molecule has 1 heterocycles. The third kappa shape index (κ3) is 4.63. The van der Waals surface area contributed by atoms with Crippen LogP contribution in [0.4, 0.5) is 22.0 Å². The van der Waals surface area contributed by atoms with Crippen molar-refractivity contribution in [2.75, 3.05) is 26.2 Å². The van der Waals surface area contributed by atoms with Crippen LogP contribution in [0.25, 0.3) is 0 Å². The number of hydrogen-bond donors (Lipinski definition) is 0. The lowest BCUT2D eigenvalue weighted by atomic mass is 10.1. The summed E-state index contributed by atoms with van der Waals surface area (Å²) in [5, 5.41) is 0. The summed E-state index contributed by atoms with van der Waals surface area (Å²) < 4.78 is 64.5. The Kier molecular flexibility index (Phi) is 5.46. The number of piperazine rings is 1. The molecule has 3 nitrogen and oxygen atoms in total. The Labute approximate surface area is 153 Å². The van der Waals surface area contributed by atoms with E-state index in [9.17, 15) is 26.7 Å². The molecule has 2 aromatic rings. The number of carbonyl (C=O) groups is 1. The number of alkyl halides is 3. The van der Waals surface area contributed by atoms with Gasteiger partial charge in [-0.25, -0.2) is 8.78 Å². The number of carbonyl (C=O) groups excluding carboxylic acids is 1. The van der Waals surface area contributed by atoms with E-state index in [0.29, 0.717) is 38.8 Å². The maximum Gasteiger partial charge on any atom is 0.416 e. The average molecular weight is 384 g/mol. The summed E-state index contributed by atoms with van der Waals surface area (Å²) in [6.07, 6.45) is -4.36. The summed E-state index contributed by atoms with van der Waals surface area (Å²) in [5.41, 5.74) is -0.122. The lowest BCUT2D eigenvalue weighted by Crippen LogP contribution is -2.48. The first-order chi connectivity index (χ1) is 12.7. The van der Waals surface area contributed by atoms with Crippen LogP contribution in [-0.4, -0.2) is 41.9 Å². The molecule has 0 unspecified atom stereocenters. The van der Waals surface area contributed by atoms with Gasteiger partial charge in [0.25, 0.3) is 5.91 Å². The fourth-order valence-corrected chi connectivity index (χ4v) is 3.00. The first-order valence-corrected chi connectivity index (χ1v) is 8.37. The molecule has 27 heavy (non-hydrogen) atoms. The number of rotatable bonds is 3. The Hall–Kier alpha value is -2.48. The van der Waals surface area contributed by atoms with Crippen molar-refractivity contribution in [3.63, 3.8) is 0 Å². The zero-order valence-corrected chi connectivity index (χ0v) is 14.3. The summed E-state index contributed by atoms with van der Waals surface area (Å²) >= 11 is 0. The van der Waals surface area contributed by atoms with Gasteiger partial charge in [-0.3, -0.25) is 9.69 Å². The second kappa shape index (κ2) is 7.64. The maximum atomic E-state index is 13.8. The van der Waals surface area contributed by atoms with E-state index in [-0.39, 0.29) is 5.56 Å². The normalized spacial score (nSPS) is 15.8. The summed E-state index contributed by atoms with van der Waals surface area (Å²) in [6.45, 7) is 2.20. The van der Waals surface area contributed by atoms with Gasteiger partial charge in [-0.1, -0.05) is 12.1 Å². The van der Waals surface area contributed by atoms with Crippen LogP contribution >= 0.6 is 0 Å². The Morgan fingerprint density at radius 3 is 2.11 bits per heavy atom. The second-order valence-corrected chi connectivity index (χ2v) is 6.39. The van der Waals surface area contributed by atoms with Crippen molar-refractivity contribution in [2.45, 2.75) is 12.7 Å². The molecule has 0 aliphatic carbocycles. The van der Waals surface area contributed by atoms with Crippen molar-refractivity contribution < 1.29 is 26.7 Å². The van der Waals surface area contributed by atoms with Crippen LogP contribution in [0.1, 0.15) is 21.5 Å². The number of halogens is 5. The molecule has 1 fully saturated rings. The van der Waals surface area contributed by atoms with Gasteiger partial charge in [-0.15, -0.1) is 0 Å². The predicted molar refractivity (Wildman–Crippen MR) is 89.0 cm³/mol. The molecular formula is C19H17F5N2O. The minimum Gasteiger partial charge on any atom is -0.336 e. The van der Waals surface area contributed by atoms with Crippen molar-refractivity contribution >= 4 is 5.91 Å². The molecule has 3 rings (SSSR count). The maximum absolute atomic E-state index is 13.8. The Morgan fingerprint density at radius 2 is 1.56 bits per heavy atom. The van der Waals surface area contributed by atoms with E-state index in [1.807, 2.05) is 4.90 Å². The minimum atomic E-state index is -4.36.